The Labute approximate surface area is 99.1 Å². The Morgan fingerprint density at radius 2 is 2.43 bits per heavy atom. The Bertz CT molecular complexity index is 200. The third-order valence-corrected chi connectivity index (χ3v) is 5.40. The molecule has 1 aliphatic rings. The van der Waals surface area contributed by atoms with Gasteiger partial charge in [0.2, 0.25) is 6.08 Å². The predicted octanol–water partition coefficient (Wildman–Crippen LogP) is 2.25. The molecule has 1 saturated heterocycles. The molecule has 0 amide bonds. The zero-order valence-electron chi connectivity index (χ0n) is 8.02. The number of nitrogens with zero attached hydrogens (tertiary/aromatic N) is 1. The largest absolute Gasteiger partial charge is 0.234 e. The molecule has 0 aromatic carbocycles. The summed E-state index contributed by atoms with van der Waals surface area (Å²) in [7, 11) is 0. The molecular weight excluding hydrogens is 234 g/mol. The smallest absolute Gasteiger partial charge is 0.211 e. The van der Waals surface area contributed by atoms with E-state index in [-0.39, 0.29) is 0 Å². The summed E-state index contributed by atoms with van der Waals surface area (Å²) in [5, 5.41) is 1.12. The molecule has 0 N–H and O–H groups in total. The molecule has 1 aliphatic heterocycles. The SMILES string of the molecule is O=C=NCCC(S)CC1CSCCS1. The topological polar surface area (TPSA) is 29.4 Å². The molecule has 0 aromatic heterocycles. The van der Waals surface area contributed by atoms with E-state index in [1.54, 1.807) is 6.08 Å². The molecule has 1 fully saturated rings. The molecule has 0 spiro atoms. The molecule has 1 rings (SSSR count). The van der Waals surface area contributed by atoms with Crippen molar-refractivity contribution in [2.45, 2.75) is 23.3 Å². The minimum absolute atomic E-state index is 0.378. The highest BCUT2D eigenvalue weighted by molar-refractivity contribution is 8.06. The molecular formula is C9H15NOS3. The second-order valence-electron chi connectivity index (χ2n) is 3.22. The summed E-state index contributed by atoms with van der Waals surface area (Å²) in [5.41, 5.74) is 0. The van der Waals surface area contributed by atoms with Gasteiger partial charge in [-0.25, -0.2) is 9.79 Å². The number of thioether (sulfide) groups is 2. The van der Waals surface area contributed by atoms with Crippen molar-refractivity contribution in [3.05, 3.63) is 0 Å². The van der Waals surface area contributed by atoms with E-state index in [2.05, 4.69) is 29.4 Å². The van der Waals surface area contributed by atoms with Gasteiger partial charge >= 0.3 is 0 Å². The summed E-state index contributed by atoms with van der Waals surface area (Å²) in [6, 6.07) is 0. The summed E-state index contributed by atoms with van der Waals surface area (Å²) in [6.45, 7) is 0.572. The van der Waals surface area contributed by atoms with Crippen LogP contribution in [0.1, 0.15) is 12.8 Å². The first kappa shape index (κ1) is 12.5. The molecule has 0 radical (unpaired) electrons. The molecule has 5 heteroatoms. The van der Waals surface area contributed by atoms with E-state index >= 15 is 0 Å². The number of thiol groups is 1. The highest BCUT2D eigenvalue weighted by Gasteiger charge is 2.17. The van der Waals surface area contributed by atoms with Crippen molar-refractivity contribution < 1.29 is 4.79 Å². The van der Waals surface area contributed by atoms with E-state index in [0.29, 0.717) is 11.8 Å². The number of carbonyl (C=O) groups excluding carboxylic acids is 1. The minimum Gasteiger partial charge on any atom is -0.211 e. The second kappa shape index (κ2) is 7.69. The lowest BCUT2D eigenvalue weighted by atomic mass is 10.2. The van der Waals surface area contributed by atoms with Crippen LogP contribution in [-0.4, -0.2) is 40.4 Å². The van der Waals surface area contributed by atoms with Gasteiger partial charge in [0, 0.05) is 27.8 Å². The van der Waals surface area contributed by atoms with Crippen LogP contribution < -0.4 is 0 Å². The third kappa shape index (κ3) is 5.35. The maximum absolute atomic E-state index is 9.85. The fraction of sp³-hybridized carbons (Fsp3) is 0.889. The van der Waals surface area contributed by atoms with E-state index < -0.39 is 0 Å². The van der Waals surface area contributed by atoms with E-state index in [1.807, 2.05) is 11.8 Å². The monoisotopic (exact) mass is 249 g/mol. The minimum atomic E-state index is 0.378. The molecule has 1 heterocycles. The van der Waals surface area contributed by atoms with Gasteiger partial charge in [-0.2, -0.15) is 36.2 Å². The highest BCUT2D eigenvalue weighted by Crippen LogP contribution is 2.28. The van der Waals surface area contributed by atoms with E-state index in [1.165, 1.54) is 17.3 Å². The first-order valence-electron chi connectivity index (χ1n) is 4.74. The fourth-order valence-corrected chi connectivity index (χ4v) is 4.66. The van der Waals surface area contributed by atoms with Gasteiger partial charge in [0.15, 0.2) is 0 Å². The van der Waals surface area contributed by atoms with Crippen LogP contribution in [0.2, 0.25) is 0 Å². The van der Waals surface area contributed by atoms with Crippen LogP contribution in [0.4, 0.5) is 0 Å². The van der Waals surface area contributed by atoms with Gasteiger partial charge in [-0.15, -0.1) is 0 Å². The predicted molar refractivity (Wildman–Crippen MR) is 68.6 cm³/mol. The number of aliphatic imine (C=N–C) groups is 1. The number of isocyanates is 1. The molecule has 0 bridgehead atoms. The normalized spacial score (nSPS) is 23.9. The average Bonchev–Trinajstić information content (AvgIpc) is 2.20. The lowest BCUT2D eigenvalue weighted by molar-refractivity contribution is 0.561. The molecule has 2 nitrogen and oxygen atoms in total. The van der Waals surface area contributed by atoms with Gasteiger partial charge in [0.25, 0.3) is 0 Å². The fourth-order valence-electron chi connectivity index (χ4n) is 1.35. The average molecular weight is 249 g/mol. The summed E-state index contributed by atoms with van der Waals surface area (Å²) in [5.74, 6) is 3.80. The van der Waals surface area contributed by atoms with E-state index in [4.69, 9.17) is 0 Å². The maximum atomic E-state index is 9.85. The van der Waals surface area contributed by atoms with Crippen molar-refractivity contribution in [2.75, 3.05) is 23.8 Å². The molecule has 0 saturated carbocycles. The second-order valence-corrected chi connectivity index (χ2v) is 6.51. The van der Waals surface area contributed by atoms with Crippen LogP contribution in [0.25, 0.3) is 0 Å². The lowest BCUT2D eigenvalue weighted by Crippen LogP contribution is -2.18. The van der Waals surface area contributed by atoms with Crippen molar-refractivity contribution in [3.63, 3.8) is 0 Å². The number of hydrogen-bond acceptors (Lipinski definition) is 5. The van der Waals surface area contributed by atoms with Crippen molar-refractivity contribution in [1.29, 1.82) is 0 Å². The number of hydrogen-bond donors (Lipinski definition) is 1. The van der Waals surface area contributed by atoms with Crippen molar-refractivity contribution in [3.8, 4) is 0 Å². The Balaban J connectivity index is 2.11. The number of rotatable bonds is 5. The molecule has 80 valence electrons. The lowest BCUT2D eigenvalue weighted by Gasteiger charge is -2.23. The highest BCUT2D eigenvalue weighted by atomic mass is 32.2. The van der Waals surface area contributed by atoms with Gasteiger partial charge in [-0.05, 0) is 12.8 Å². The Hall–Kier alpha value is 0.430. The first-order valence-corrected chi connectivity index (χ1v) is 7.46. The Morgan fingerprint density at radius 1 is 1.57 bits per heavy atom. The Morgan fingerprint density at radius 3 is 3.07 bits per heavy atom. The van der Waals surface area contributed by atoms with Crippen LogP contribution in [0, 0.1) is 0 Å². The standard InChI is InChI=1S/C9H15NOS3/c11-7-10-2-1-8(12)5-9-6-13-3-4-14-9/h8-9,12H,1-6H2. The van der Waals surface area contributed by atoms with Crippen molar-refractivity contribution in [1.82, 2.24) is 0 Å². The molecule has 2 atom stereocenters. The zero-order valence-corrected chi connectivity index (χ0v) is 10.5. The van der Waals surface area contributed by atoms with E-state index in [9.17, 15) is 4.79 Å². The van der Waals surface area contributed by atoms with Gasteiger partial charge in [0.1, 0.15) is 0 Å². The molecule has 0 aliphatic carbocycles. The maximum Gasteiger partial charge on any atom is 0.234 e. The van der Waals surface area contributed by atoms with Crippen LogP contribution in [-0.2, 0) is 4.79 Å². The molecule has 14 heavy (non-hydrogen) atoms. The molecule has 2 unspecified atom stereocenters. The van der Waals surface area contributed by atoms with Crippen LogP contribution in [0.5, 0.6) is 0 Å². The first-order chi connectivity index (χ1) is 6.83. The molecule has 0 aromatic rings. The summed E-state index contributed by atoms with van der Waals surface area (Å²) < 4.78 is 0. The van der Waals surface area contributed by atoms with E-state index in [0.717, 1.165) is 18.1 Å². The Kier molecular flexibility index (Phi) is 6.86. The van der Waals surface area contributed by atoms with Gasteiger partial charge in [0.05, 0.1) is 6.54 Å². The van der Waals surface area contributed by atoms with Gasteiger partial charge in [-0.1, -0.05) is 0 Å². The third-order valence-electron chi connectivity index (χ3n) is 2.06. The van der Waals surface area contributed by atoms with Crippen molar-refractivity contribution >= 4 is 42.2 Å². The van der Waals surface area contributed by atoms with Gasteiger partial charge < -0.3 is 0 Å². The summed E-state index contributed by atoms with van der Waals surface area (Å²) in [4.78, 5) is 13.4. The van der Waals surface area contributed by atoms with Crippen LogP contribution in [0.3, 0.4) is 0 Å². The van der Waals surface area contributed by atoms with Gasteiger partial charge in [-0.3, -0.25) is 0 Å². The quantitative estimate of drug-likeness (QED) is 0.460. The van der Waals surface area contributed by atoms with Crippen LogP contribution in [0.15, 0.2) is 4.99 Å². The summed E-state index contributed by atoms with van der Waals surface area (Å²) >= 11 is 8.59. The van der Waals surface area contributed by atoms with Crippen LogP contribution >= 0.6 is 36.2 Å². The van der Waals surface area contributed by atoms with Crippen molar-refractivity contribution in [2.24, 2.45) is 4.99 Å². The zero-order chi connectivity index (χ0) is 10.2. The summed E-state index contributed by atoms with van der Waals surface area (Å²) in [6.07, 6.45) is 3.58.